The molecule has 0 aliphatic carbocycles. The van der Waals surface area contributed by atoms with Gasteiger partial charge in [-0.15, -0.1) is 0 Å². The van der Waals surface area contributed by atoms with Gasteiger partial charge in [0.2, 0.25) is 0 Å². The van der Waals surface area contributed by atoms with Crippen molar-refractivity contribution in [2.75, 3.05) is 39.6 Å². The van der Waals surface area contributed by atoms with E-state index < -0.39 is 91.5 Å². The van der Waals surface area contributed by atoms with E-state index in [-0.39, 0.29) is 19.3 Å². The summed E-state index contributed by atoms with van der Waals surface area (Å²) in [6.45, 7) is 2.36. The van der Waals surface area contributed by atoms with Crippen molar-refractivity contribution in [3.8, 4) is 0 Å². The number of aliphatic hydroxyl groups is 2. The first-order chi connectivity index (χ1) is 45.2. The van der Waals surface area contributed by atoms with Gasteiger partial charge in [-0.2, -0.15) is 0 Å². The first-order valence-corrected chi connectivity index (χ1v) is 38.5. The van der Waals surface area contributed by atoms with Crippen molar-refractivity contribution in [2.24, 2.45) is 0 Å². The number of aliphatic hydroxyl groups excluding tert-OH is 2. The van der Waals surface area contributed by atoms with Crippen molar-refractivity contribution in [2.45, 2.75) is 283 Å². The van der Waals surface area contributed by atoms with Gasteiger partial charge in [-0.1, -0.05) is 270 Å². The molecule has 0 fully saturated rings. The van der Waals surface area contributed by atoms with E-state index in [9.17, 15) is 43.5 Å². The number of hydrogen-bond acceptors (Lipinski definition) is 14. The largest absolute Gasteiger partial charge is 0.472 e. The Kier molecular flexibility index (Phi) is 64.5. The third kappa shape index (κ3) is 68.9. The lowest BCUT2D eigenvalue weighted by Crippen LogP contribution is -2.30. The van der Waals surface area contributed by atoms with Crippen LogP contribution in [0.4, 0.5) is 0 Å². The first-order valence-electron chi connectivity index (χ1n) is 35.5. The monoisotopic (exact) mass is 1340 g/mol. The average Bonchev–Trinajstić information content (AvgIpc) is 2.84. The Morgan fingerprint density at radius 2 is 0.581 bits per heavy atom. The van der Waals surface area contributed by atoms with Crippen LogP contribution in [0, 0.1) is 0 Å². The van der Waals surface area contributed by atoms with Gasteiger partial charge in [0.25, 0.3) is 0 Å². The molecule has 0 aliphatic heterocycles. The fraction of sp³-hybridized carbons (Fsp3) is 0.667. The Bertz CT molecular complexity index is 2230. The van der Waals surface area contributed by atoms with E-state index in [0.717, 1.165) is 135 Å². The van der Waals surface area contributed by atoms with Crippen LogP contribution in [-0.2, 0) is 55.8 Å². The molecule has 0 aromatic rings. The Morgan fingerprint density at radius 3 is 0.946 bits per heavy atom. The molecule has 0 bridgehead atoms. The van der Waals surface area contributed by atoms with E-state index in [1.807, 2.05) is 12.2 Å². The van der Waals surface area contributed by atoms with E-state index in [0.29, 0.717) is 25.7 Å². The number of esters is 3. The van der Waals surface area contributed by atoms with Crippen LogP contribution in [0.3, 0.4) is 0 Å². The van der Waals surface area contributed by atoms with Crippen molar-refractivity contribution >= 4 is 33.6 Å². The molecule has 0 amide bonds. The number of allylic oxidation sites excluding steroid dienone is 22. The zero-order valence-corrected chi connectivity index (χ0v) is 59.4. The topological polar surface area (TPSA) is 231 Å². The van der Waals surface area contributed by atoms with Crippen molar-refractivity contribution < 1.29 is 75.8 Å². The molecule has 0 aromatic heterocycles. The molecule has 93 heavy (non-hydrogen) atoms. The van der Waals surface area contributed by atoms with Crippen LogP contribution in [0.25, 0.3) is 0 Å². The van der Waals surface area contributed by atoms with E-state index in [1.54, 1.807) is 0 Å². The fourth-order valence-corrected chi connectivity index (χ4v) is 10.6. The van der Waals surface area contributed by atoms with Gasteiger partial charge in [-0.25, -0.2) is 9.13 Å². The Labute approximate surface area is 563 Å². The minimum Gasteiger partial charge on any atom is -0.463 e. The van der Waals surface area contributed by atoms with E-state index in [4.69, 9.17) is 32.3 Å². The van der Waals surface area contributed by atoms with Crippen LogP contribution in [0.5, 0.6) is 0 Å². The fourth-order valence-electron chi connectivity index (χ4n) is 9.02. The summed E-state index contributed by atoms with van der Waals surface area (Å²) in [5, 5.41) is 20.6. The highest BCUT2D eigenvalue weighted by atomic mass is 31.2. The number of carbonyl (C=O) groups is 3. The van der Waals surface area contributed by atoms with Gasteiger partial charge < -0.3 is 34.2 Å². The van der Waals surface area contributed by atoms with Crippen molar-refractivity contribution in [3.05, 3.63) is 134 Å². The standard InChI is InChI=1S/C75H126O16P2/c1-4-7-10-13-16-19-22-25-28-30-31-32-33-34-35-36-37-39-42-43-46-49-52-55-58-61-73(78)85-64-70(76)65-87-92(81,82)88-66-71(77)67-89-93(83,84)90-69-72(91-75(80)63-60-57-54-51-48-45-40-27-24-21-18-15-12-9-6-3)68-86-74(79)62-59-56-53-50-47-44-41-38-29-26-23-20-17-14-11-8-5-2/h7-8,10-11,16-17,19-20,25-26,28-29,31-32,34-35,37,39,41,44,50,53,70-72,76-77H,4-6,9,12-15,18,21-24,27,30,33,36,38,40,42-43,45-49,51-52,54-69H2,1-3H3,(H,81,82)(H,83,84)/b10-7-,11-8-,19-16-,20-17-,28-25-,29-26-,32-31-,35-34-,39-37-,44-41-,53-50-. The zero-order valence-electron chi connectivity index (χ0n) is 57.6. The maximum atomic E-state index is 12.9. The summed E-state index contributed by atoms with van der Waals surface area (Å²) in [5.41, 5.74) is 0. The van der Waals surface area contributed by atoms with E-state index in [1.165, 1.54) is 64.2 Å². The van der Waals surface area contributed by atoms with Crippen LogP contribution in [0.15, 0.2) is 134 Å². The first kappa shape index (κ1) is 88.7. The second kappa shape index (κ2) is 67.7. The summed E-state index contributed by atoms with van der Waals surface area (Å²) in [4.78, 5) is 58.4. The highest BCUT2D eigenvalue weighted by Gasteiger charge is 2.29. The van der Waals surface area contributed by atoms with Gasteiger partial charge in [0.1, 0.15) is 25.4 Å². The van der Waals surface area contributed by atoms with Crippen LogP contribution >= 0.6 is 15.6 Å². The molecular weight excluding hydrogens is 1220 g/mol. The molecule has 0 radical (unpaired) electrons. The van der Waals surface area contributed by atoms with Crippen LogP contribution in [0.1, 0.15) is 265 Å². The lowest BCUT2D eigenvalue weighted by Gasteiger charge is -2.21. The van der Waals surface area contributed by atoms with Crippen LogP contribution < -0.4 is 0 Å². The molecule has 5 atom stereocenters. The minimum atomic E-state index is -4.94. The second-order valence-corrected chi connectivity index (χ2v) is 26.2. The second-order valence-electron chi connectivity index (χ2n) is 23.3. The molecule has 0 saturated heterocycles. The molecule has 532 valence electrons. The van der Waals surface area contributed by atoms with Gasteiger partial charge >= 0.3 is 33.6 Å². The SMILES string of the molecule is CC/C=C\C/C=C\C/C=C\C/C=C\C/C=C\C/C=C\CCCCCCCCC(=O)OCC(O)COP(=O)(O)OCC(O)COP(=O)(O)OCC(COC(=O)CCC/C=C\C/C=C\C/C=C\C/C=C\C/C=C\CC)OC(=O)CCCCCCCCCCCCCCCCC. The third-order valence-electron chi connectivity index (χ3n) is 14.4. The summed E-state index contributed by atoms with van der Waals surface area (Å²) >= 11 is 0. The molecule has 0 spiro atoms. The van der Waals surface area contributed by atoms with Crippen molar-refractivity contribution in [3.63, 3.8) is 0 Å². The van der Waals surface area contributed by atoms with Crippen LogP contribution in [0.2, 0.25) is 0 Å². The lowest BCUT2D eigenvalue weighted by atomic mass is 10.0. The summed E-state index contributed by atoms with van der Waals surface area (Å²) in [5.74, 6) is -1.66. The van der Waals surface area contributed by atoms with Crippen molar-refractivity contribution in [1.29, 1.82) is 0 Å². The number of rotatable bonds is 66. The van der Waals surface area contributed by atoms with Crippen molar-refractivity contribution in [1.82, 2.24) is 0 Å². The average molecular weight is 1350 g/mol. The molecule has 0 saturated carbocycles. The Hall–Kier alpha value is -4.31. The maximum absolute atomic E-state index is 12.9. The number of phosphoric acid groups is 2. The summed E-state index contributed by atoms with van der Waals surface area (Å²) in [7, 11) is -9.80. The minimum absolute atomic E-state index is 0.0907. The molecular formula is C75H126O16P2. The number of unbranched alkanes of at least 4 members (excludes halogenated alkanes) is 21. The number of phosphoric ester groups is 2. The molecule has 0 rings (SSSR count). The summed E-state index contributed by atoms with van der Waals surface area (Å²) in [6.07, 6.45) is 79.4. The van der Waals surface area contributed by atoms with E-state index in [2.05, 4.69) is 142 Å². The number of carbonyl (C=O) groups excluding carboxylic acids is 3. The Morgan fingerprint density at radius 1 is 0.312 bits per heavy atom. The smallest absolute Gasteiger partial charge is 0.463 e. The van der Waals surface area contributed by atoms with E-state index >= 15 is 0 Å². The lowest BCUT2D eigenvalue weighted by molar-refractivity contribution is -0.161. The molecule has 5 unspecified atom stereocenters. The van der Waals surface area contributed by atoms with Gasteiger partial charge in [0, 0.05) is 19.3 Å². The highest BCUT2D eigenvalue weighted by molar-refractivity contribution is 7.47. The Balaban J connectivity index is 4.65. The van der Waals surface area contributed by atoms with Crippen LogP contribution in [-0.4, -0.2) is 95.9 Å². The third-order valence-corrected chi connectivity index (χ3v) is 16.3. The number of hydrogen-bond donors (Lipinski definition) is 4. The predicted molar refractivity (Wildman–Crippen MR) is 380 cm³/mol. The quantitative estimate of drug-likeness (QED) is 0.0146. The zero-order chi connectivity index (χ0) is 68.1. The highest BCUT2D eigenvalue weighted by Crippen LogP contribution is 2.45. The molecule has 4 N–H and O–H groups in total. The molecule has 0 aromatic carbocycles. The molecule has 16 nitrogen and oxygen atoms in total. The molecule has 0 aliphatic rings. The molecule has 18 heteroatoms. The van der Waals surface area contributed by atoms with Gasteiger partial charge in [-0.3, -0.25) is 32.5 Å². The summed E-state index contributed by atoms with van der Waals surface area (Å²) in [6, 6.07) is 0. The van der Waals surface area contributed by atoms with Gasteiger partial charge in [0.15, 0.2) is 6.10 Å². The normalized spacial score (nSPS) is 15.0. The van der Waals surface area contributed by atoms with Gasteiger partial charge in [-0.05, 0) is 109 Å². The predicted octanol–water partition coefficient (Wildman–Crippen LogP) is 20.0. The van der Waals surface area contributed by atoms with Gasteiger partial charge in [0.05, 0.1) is 26.4 Å². The summed E-state index contributed by atoms with van der Waals surface area (Å²) < 4.78 is 60.9. The number of ether oxygens (including phenoxy) is 3. The maximum Gasteiger partial charge on any atom is 0.472 e. The molecule has 0 heterocycles.